The maximum absolute atomic E-state index is 13.1. The van der Waals surface area contributed by atoms with Crippen LogP contribution in [0.4, 0.5) is 39.5 Å². The molecular weight excluding hydrogens is 580 g/mol. The van der Waals surface area contributed by atoms with Crippen molar-refractivity contribution in [1.82, 2.24) is 3.12 Å². The first-order chi connectivity index (χ1) is 15.6. The molecule has 0 fully saturated rings. The molecule has 0 atom stereocenters. The first-order valence-corrected chi connectivity index (χ1v) is 15.3. The molecule has 3 aromatic carbocycles. The van der Waals surface area contributed by atoms with Gasteiger partial charge in [-0.15, -0.1) is 0 Å². The number of benzene rings is 3. The maximum atomic E-state index is 13.1. The monoisotopic (exact) mass is 599 g/mol. The van der Waals surface area contributed by atoms with E-state index in [1.807, 2.05) is 0 Å². The molecule has 0 heterocycles. The number of alkyl halides is 9. The fraction of sp³-hybridized carbons (Fsp3) is 0.217. The van der Waals surface area contributed by atoms with Crippen LogP contribution < -0.4 is 10.7 Å². The second-order valence-electron chi connectivity index (χ2n) is 7.83. The quantitative estimate of drug-likeness (QED) is 0.293. The predicted octanol–water partition coefficient (Wildman–Crippen LogP) is 5.27. The van der Waals surface area contributed by atoms with Gasteiger partial charge in [0.2, 0.25) is 0 Å². The molecule has 3 rings (SSSR count). The van der Waals surface area contributed by atoms with Crippen LogP contribution in [-0.2, 0) is 18.5 Å². The Bertz CT molecular complexity index is 973. The molecule has 0 spiro atoms. The van der Waals surface area contributed by atoms with Crippen molar-refractivity contribution in [1.29, 1.82) is 0 Å². The topological polar surface area (TPSA) is 3.24 Å². The molecule has 0 N–H and O–H groups in total. The van der Waals surface area contributed by atoms with Crippen LogP contribution in [0.1, 0.15) is 16.7 Å². The van der Waals surface area contributed by atoms with Crippen LogP contribution in [0.2, 0.25) is 0 Å². The summed E-state index contributed by atoms with van der Waals surface area (Å²) in [6.07, 6.45) is -13.8. The molecule has 34 heavy (non-hydrogen) atoms. The molecule has 0 aromatic heterocycles. The third-order valence-electron chi connectivity index (χ3n) is 5.56. The first kappa shape index (κ1) is 26.4. The summed E-state index contributed by atoms with van der Waals surface area (Å²) in [6, 6.07) is 12.8. The SMILES string of the molecule is C[N](C)[Sn]([c]1ccc(C(F)(F)F)cc1)([c]1ccc(C(F)(F)F)cc1)[c]1ccc(C(F)(F)F)cc1. The van der Waals surface area contributed by atoms with Crippen molar-refractivity contribution in [2.24, 2.45) is 0 Å². The van der Waals surface area contributed by atoms with E-state index in [1.165, 1.54) is 36.4 Å². The minimum absolute atomic E-state index is 0.437. The average molecular weight is 598 g/mol. The molecule has 0 aliphatic heterocycles. The molecule has 0 aliphatic carbocycles. The van der Waals surface area contributed by atoms with E-state index in [9.17, 15) is 39.5 Å². The van der Waals surface area contributed by atoms with Gasteiger partial charge in [0.05, 0.1) is 0 Å². The molecule has 0 bridgehead atoms. The standard InChI is InChI=1S/3C7H4F3.C2H6N.Sn/c3*8-7(9,10)6-4-2-1-3-5-6;1-3-2;/h3*2-5H;1-2H3;/q;;;-1;+1. The minimum atomic E-state index is -4.60. The molecule has 0 amide bonds. The van der Waals surface area contributed by atoms with Crippen LogP contribution in [0.15, 0.2) is 72.8 Å². The van der Waals surface area contributed by atoms with Crippen molar-refractivity contribution in [3.05, 3.63) is 89.5 Å². The van der Waals surface area contributed by atoms with E-state index in [2.05, 4.69) is 0 Å². The molecule has 182 valence electrons. The zero-order valence-corrected chi connectivity index (χ0v) is 20.6. The van der Waals surface area contributed by atoms with Gasteiger partial charge in [0.1, 0.15) is 0 Å². The molecule has 0 saturated carbocycles. The summed E-state index contributed by atoms with van der Waals surface area (Å²) in [5.74, 6) is 0. The van der Waals surface area contributed by atoms with Gasteiger partial charge in [-0.1, -0.05) is 0 Å². The zero-order chi connectivity index (χ0) is 25.5. The van der Waals surface area contributed by atoms with Gasteiger partial charge in [-0.3, -0.25) is 0 Å². The summed E-state index contributed by atoms with van der Waals surface area (Å²) in [6.45, 7) is 0. The second kappa shape index (κ2) is 9.10. The van der Waals surface area contributed by atoms with Gasteiger partial charge >= 0.3 is 194 Å². The number of rotatable bonds is 4. The van der Waals surface area contributed by atoms with Gasteiger partial charge in [-0.05, 0) is 0 Å². The van der Waals surface area contributed by atoms with E-state index in [0.29, 0.717) is 10.7 Å². The Morgan fingerprint density at radius 2 is 0.647 bits per heavy atom. The average Bonchev–Trinajstić information content (AvgIpc) is 2.73. The normalized spacial score (nSPS) is 13.4. The molecule has 3 aromatic rings. The molecule has 1 nitrogen and oxygen atoms in total. The van der Waals surface area contributed by atoms with E-state index in [-0.39, 0.29) is 0 Å². The Hall–Kier alpha value is -2.21. The van der Waals surface area contributed by atoms with Crippen LogP contribution in [0, 0.1) is 0 Å². The Morgan fingerprint density at radius 3 is 0.794 bits per heavy atom. The van der Waals surface area contributed by atoms with Crippen LogP contribution >= 0.6 is 0 Å². The summed E-state index contributed by atoms with van der Waals surface area (Å²) < 4.78 is 121. The Morgan fingerprint density at radius 1 is 0.441 bits per heavy atom. The Labute approximate surface area is 194 Å². The van der Waals surface area contributed by atoms with Crippen molar-refractivity contribution in [2.75, 3.05) is 14.1 Å². The summed E-state index contributed by atoms with van der Waals surface area (Å²) >= 11 is -4.55. The number of halogens is 9. The van der Waals surface area contributed by atoms with Crippen LogP contribution in [0.5, 0.6) is 0 Å². The number of hydrogen-bond donors (Lipinski definition) is 0. The van der Waals surface area contributed by atoms with Gasteiger partial charge in [-0.25, -0.2) is 0 Å². The van der Waals surface area contributed by atoms with E-state index in [1.54, 1.807) is 17.2 Å². The first-order valence-electron chi connectivity index (χ1n) is 9.78. The van der Waals surface area contributed by atoms with Gasteiger partial charge in [0, 0.05) is 0 Å². The molecule has 0 radical (unpaired) electrons. The summed E-state index contributed by atoms with van der Waals surface area (Å²) in [5.41, 5.74) is -2.72. The van der Waals surface area contributed by atoms with Crippen LogP contribution in [0.25, 0.3) is 0 Å². The molecule has 11 heteroatoms. The van der Waals surface area contributed by atoms with Crippen molar-refractivity contribution in [3.8, 4) is 0 Å². The van der Waals surface area contributed by atoms with Crippen molar-refractivity contribution in [3.63, 3.8) is 0 Å². The molecule has 0 unspecified atom stereocenters. The van der Waals surface area contributed by atoms with Gasteiger partial charge in [0.15, 0.2) is 0 Å². The second-order valence-corrected chi connectivity index (χ2v) is 19.4. The third-order valence-corrected chi connectivity index (χ3v) is 19.4. The molecular formula is C23H18F9NSn. The number of hydrogen-bond acceptors (Lipinski definition) is 1. The van der Waals surface area contributed by atoms with Gasteiger partial charge in [-0.2, -0.15) is 0 Å². The fourth-order valence-corrected chi connectivity index (χ4v) is 16.8. The van der Waals surface area contributed by atoms with Crippen molar-refractivity contribution < 1.29 is 39.5 Å². The summed E-state index contributed by atoms with van der Waals surface area (Å²) in [7, 11) is 3.26. The van der Waals surface area contributed by atoms with E-state index in [4.69, 9.17) is 0 Å². The number of nitrogens with zero attached hydrogens (tertiary/aromatic N) is 1. The van der Waals surface area contributed by atoms with E-state index < -0.39 is 53.9 Å². The van der Waals surface area contributed by atoms with Crippen molar-refractivity contribution >= 4 is 29.4 Å². The fourth-order valence-electron chi connectivity index (χ4n) is 3.98. The molecule has 0 aliphatic rings. The Balaban J connectivity index is 2.29. The van der Waals surface area contributed by atoms with Crippen LogP contribution in [-0.4, -0.2) is 35.9 Å². The van der Waals surface area contributed by atoms with Crippen LogP contribution in [0.3, 0.4) is 0 Å². The van der Waals surface area contributed by atoms with Gasteiger partial charge < -0.3 is 0 Å². The van der Waals surface area contributed by atoms with Gasteiger partial charge in [0.25, 0.3) is 0 Å². The van der Waals surface area contributed by atoms with Crippen molar-refractivity contribution in [2.45, 2.75) is 18.5 Å². The van der Waals surface area contributed by atoms with E-state index >= 15 is 0 Å². The predicted molar refractivity (Wildman–Crippen MR) is 113 cm³/mol. The summed E-state index contributed by atoms with van der Waals surface area (Å²) in [4.78, 5) is 0. The Kier molecular flexibility index (Phi) is 7.07. The third kappa shape index (κ3) is 5.07. The summed E-state index contributed by atoms with van der Waals surface area (Å²) in [5, 5.41) is 0. The van der Waals surface area contributed by atoms with E-state index in [0.717, 1.165) is 36.4 Å². The zero-order valence-electron chi connectivity index (χ0n) is 17.8. The molecule has 0 saturated heterocycles.